The Labute approximate surface area is 165 Å². The molecule has 2 aromatic carbocycles. The Hall–Kier alpha value is -3.49. The third kappa shape index (κ3) is 5.74. The van der Waals surface area contributed by atoms with Gasteiger partial charge in [0.15, 0.2) is 30.0 Å². The Balaban J connectivity index is 1.93. The summed E-state index contributed by atoms with van der Waals surface area (Å²) in [6.07, 6.45) is -1.33. The molecule has 0 saturated heterocycles. The van der Waals surface area contributed by atoms with E-state index >= 15 is 0 Å². The minimum atomic E-state index is -1.33. The van der Waals surface area contributed by atoms with Crippen LogP contribution in [0.15, 0.2) is 36.4 Å². The van der Waals surface area contributed by atoms with E-state index in [1.54, 1.807) is 0 Å². The number of nitrogens with one attached hydrogen (secondary N) is 1. The van der Waals surface area contributed by atoms with Crippen LogP contribution in [-0.2, 0) is 14.3 Å². The molecule has 0 aliphatic heterocycles. The molecule has 1 amide bonds. The summed E-state index contributed by atoms with van der Waals surface area (Å²) in [5.41, 5.74) is -0.227. The van der Waals surface area contributed by atoms with E-state index in [0.717, 1.165) is 18.2 Å². The first-order valence-corrected chi connectivity index (χ1v) is 8.49. The Morgan fingerprint density at radius 1 is 1.07 bits per heavy atom. The monoisotopic (exact) mass is 407 g/mol. The Morgan fingerprint density at radius 3 is 2.31 bits per heavy atom. The number of hydrogen-bond donors (Lipinski definition) is 1. The molecule has 7 nitrogen and oxygen atoms in total. The van der Waals surface area contributed by atoms with Gasteiger partial charge in [0.25, 0.3) is 5.91 Å². The first kappa shape index (κ1) is 21.8. The molecule has 0 radical (unpaired) electrons. The van der Waals surface area contributed by atoms with Crippen LogP contribution in [0, 0.1) is 11.6 Å². The number of esters is 1. The first-order chi connectivity index (χ1) is 13.7. The van der Waals surface area contributed by atoms with Gasteiger partial charge in [-0.2, -0.15) is 0 Å². The highest BCUT2D eigenvalue weighted by molar-refractivity contribution is 5.95. The second kappa shape index (κ2) is 9.63. The van der Waals surface area contributed by atoms with Gasteiger partial charge in [-0.25, -0.2) is 13.6 Å². The molecular weight excluding hydrogens is 388 g/mol. The van der Waals surface area contributed by atoms with Gasteiger partial charge in [-0.05, 0) is 44.2 Å². The summed E-state index contributed by atoms with van der Waals surface area (Å²) in [5, 5.41) is 2.03. The molecule has 0 aliphatic rings. The summed E-state index contributed by atoms with van der Waals surface area (Å²) in [6, 6.07) is 7.53. The van der Waals surface area contributed by atoms with Crippen molar-refractivity contribution >= 4 is 23.3 Å². The van der Waals surface area contributed by atoms with Crippen molar-refractivity contribution in [3.8, 4) is 11.5 Å². The number of carbonyl (C=O) groups is 3. The van der Waals surface area contributed by atoms with Gasteiger partial charge in [0.2, 0.25) is 0 Å². The number of benzene rings is 2. The van der Waals surface area contributed by atoms with Gasteiger partial charge in [0.05, 0.1) is 7.11 Å². The van der Waals surface area contributed by atoms with Gasteiger partial charge >= 0.3 is 5.97 Å². The zero-order valence-electron chi connectivity index (χ0n) is 16.0. The third-order valence-corrected chi connectivity index (χ3v) is 3.80. The van der Waals surface area contributed by atoms with Gasteiger partial charge in [-0.15, -0.1) is 0 Å². The second-order valence-electron chi connectivity index (χ2n) is 5.93. The van der Waals surface area contributed by atoms with E-state index in [9.17, 15) is 23.2 Å². The normalized spacial score (nSPS) is 11.3. The number of ketones is 1. The molecule has 0 saturated carbocycles. The Kier molecular flexibility index (Phi) is 7.24. The lowest BCUT2D eigenvalue weighted by atomic mass is 10.1. The van der Waals surface area contributed by atoms with Gasteiger partial charge in [0, 0.05) is 5.56 Å². The molecule has 1 atom stereocenters. The van der Waals surface area contributed by atoms with Gasteiger partial charge in [0.1, 0.15) is 17.3 Å². The predicted octanol–water partition coefficient (Wildman–Crippen LogP) is 3.13. The quantitative estimate of drug-likeness (QED) is 0.534. The van der Waals surface area contributed by atoms with Crippen molar-refractivity contribution in [3.63, 3.8) is 0 Å². The van der Waals surface area contributed by atoms with Crippen molar-refractivity contribution in [1.29, 1.82) is 0 Å². The lowest BCUT2D eigenvalue weighted by Gasteiger charge is -2.15. The zero-order chi connectivity index (χ0) is 21.6. The minimum absolute atomic E-state index is 0.166. The van der Waals surface area contributed by atoms with E-state index in [4.69, 9.17) is 14.2 Å². The molecular formula is C20H19F2NO6. The van der Waals surface area contributed by atoms with Crippen LogP contribution >= 0.6 is 0 Å². The average molecular weight is 407 g/mol. The highest BCUT2D eigenvalue weighted by atomic mass is 19.1. The predicted molar refractivity (Wildman–Crippen MR) is 99.0 cm³/mol. The maximum atomic E-state index is 13.6. The smallest absolute Gasteiger partial charge is 0.344 e. The van der Waals surface area contributed by atoms with Crippen LogP contribution in [0.1, 0.15) is 24.2 Å². The number of methoxy groups -OCH3 is 1. The van der Waals surface area contributed by atoms with Crippen LogP contribution in [0.25, 0.3) is 0 Å². The largest absolute Gasteiger partial charge is 0.493 e. The number of anilines is 1. The third-order valence-electron chi connectivity index (χ3n) is 3.80. The number of Topliss-reactive ketones (excluding diaryl/α,β-unsaturated/α-hetero) is 1. The van der Waals surface area contributed by atoms with Crippen LogP contribution < -0.4 is 14.8 Å². The van der Waals surface area contributed by atoms with E-state index in [1.807, 2.05) is 5.32 Å². The highest BCUT2D eigenvalue weighted by Crippen LogP contribution is 2.28. The average Bonchev–Trinajstić information content (AvgIpc) is 2.68. The summed E-state index contributed by atoms with van der Waals surface area (Å²) in [6.45, 7) is 2.09. The van der Waals surface area contributed by atoms with Crippen LogP contribution in [0.3, 0.4) is 0 Å². The number of carbonyl (C=O) groups excluding carboxylic acids is 3. The Morgan fingerprint density at radius 2 is 1.72 bits per heavy atom. The number of hydrogen-bond acceptors (Lipinski definition) is 6. The molecule has 0 heterocycles. The molecule has 9 heteroatoms. The molecule has 0 bridgehead atoms. The first-order valence-electron chi connectivity index (χ1n) is 8.49. The molecule has 154 valence electrons. The number of halogens is 2. The number of para-hydroxylation sites is 1. The molecule has 2 aromatic rings. The lowest BCUT2D eigenvalue weighted by molar-refractivity contribution is -0.155. The maximum absolute atomic E-state index is 13.6. The van der Waals surface area contributed by atoms with E-state index in [-0.39, 0.29) is 17.3 Å². The lowest BCUT2D eigenvalue weighted by Crippen LogP contribution is -2.32. The summed E-state index contributed by atoms with van der Waals surface area (Å²) in [5.74, 6) is -3.44. The fraction of sp³-hybridized carbons (Fsp3) is 0.250. The van der Waals surface area contributed by atoms with Crippen molar-refractivity contribution in [2.24, 2.45) is 0 Å². The van der Waals surface area contributed by atoms with Crippen molar-refractivity contribution < 1.29 is 37.4 Å². The number of rotatable bonds is 8. The zero-order valence-corrected chi connectivity index (χ0v) is 16.0. The fourth-order valence-corrected chi connectivity index (χ4v) is 2.27. The van der Waals surface area contributed by atoms with Gasteiger partial charge in [-0.1, -0.05) is 6.07 Å². The van der Waals surface area contributed by atoms with Crippen LogP contribution in [0.4, 0.5) is 14.5 Å². The summed E-state index contributed by atoms with van der Waals surface area (Å²) < 4.78 is 42.5. The van der Waals surface area contributed by atoms with E-state index < -0.39 is 41.9 Å². The number of ether oxygens (including phenoxy) is 3. The molecule has 0 unspecified atom stereocenters. The van der Waals surface area contributed by atoms with Crippen LogP contribution in [-0.4, -0.2) is 37.5 Å². The molecule has 0 aromatic heterocycles. The Bertz CT molecular complexity index is 911. The van der Waals surface area contributed by atoms with Crippen molar-refractivity contribution in [2.75, 3.05) is 19.0 Å². The topological polar surface area (TPSA) is 90.9 Å². The molecule has 0 spiro atoms. The second-order valence-corrected chi connectivity index (χ2v) is 5.93. The van der Waals surface area contributed by atoms with E-state index in [1.165, 1.54) is 39.2 Å². The van der Waals surface area contributed by atoms with Gasteiger partial charge in [-0.3, -0.25) is 9.59 Å². The molecule has 29 heavy (non-hydrogen) atoms. The van der Waals surface area contributed by atoms with Crippen LogP contribution in [0.2, 0.25) is 0 Å². The minimum Gasteiger partial charge on any atom is -0.493 e. The van der Waals surface area contributed by atoms with E-state index in [0.29, 0.717) is 5.56 Å². The SMILES string of the molecule is COc1cc(C(C)=O)ccc1OCC(=O)O[C@H](C)C(=O)Nc1c(F)cccc1F. The summed E-state index contributed by atoms with van der Waals surface area (Å²) in [7, 11) is 1.37. The fourth-order valence-electron chi connectivity index (χ4n) is 2.27. The molecule has 2 rings (SSSR count). The maximum Gasteiger partial charge on any atom is 0.344 e. The van der Waals surface area contributed by atoms with Gasteiger partial charge < -0.3 is 19.5 Å². The summed E-state index contributed by atoms with van der Waals surface area (Å²) in [4.78, 5) is 35.3. The van der Waals surface area contributed by atoms with Crippen molar-refractivity contribution in [3.05, 3.63) is 53.6 Å². The summed E-state index contributed by atoms with van der Waals surface area (Å²) >= 11 is 0. The molecule has 0 fully saturated rings. The molecule has 1 N–H and O–H groups in total. The highest BCUT2D eigenvalue weighted by Gasteiger charge is 2.21. The number of amides is 1. The van der Waals surface area contributed by atoms with Crippen LogP contribution in [0.5, 0.6) is 11.5 Å². The molecule has 0 aliphatic carbocycles. The van der Waals surface area contributed by atoms with Crippen molar-refractivity contribution in [2.45, 2.75) is 20.0 Å². The standard InChI is InChI=1S/C20H19F2NO6/c1-11(24)13-7-8-16(17(9-13)27-3)28-10-18(25)29-12(2)20(26)23-19-14(21)5-4-6-15(19)22/h4-9,12H,10H2,1-3H3,(H,23,26)/t12-/m1/s1. The van der Waals surface area contributed by atoms with E-state index in [2.05, 4.69) is 0 Å². The van der Waals surface area contributed by atoms with Crippen molar-refractivity contribution in [1.82, 2.24) is 0 Å².